The van der Waals surface area contributed by atoms with Crippen LogP contribution in [-0.2, 0) is 0 Å². The van der Waals surface area contributed by atoms with Crippen LogP contribution in [0.15, 0.2) is 30.3 Å². The second-order valence-corrected chi connectivity index (χ2v) is 5.42. The highest BCUT2D eigenvalue weighted by Gasteiger charge is 2.51. The van der Waals surface area contributed by atoms with Gasteiger partial charge in [0.25, 0.3) is 0 Å². The van der Waals surface area contributed by atoms with E-state index in [0.29, 0.717) is 11.8 Å². The fourth-order valence-corrected chi connectivity index (χ4v) is 3.64. The average molecular weight is 229 g/mol. The number of benzene rings is 1. The first kappa shape index (κ1) is 11.0. The van der Waals surface area contributed by atoms with E-state index in [9.17, 15) is 4.79 Å². The van der Waals surface area contributed by atoms with Crippen LogP contribution in [0.25, 0.3) is 0 Å². The molecule has 0 aromatic heterocycles. The van der Waals surface area contributed by atoms with E-state index in [-0.39, 0.29) is 5.54 Å². The summed E-state index contributed by atoms with van der Waals surface area (Å²) in [4.78, 5) is 15.1. The Bertz CT molecular complexity index is 424. The lowest BCUT2D eigenvalue weighted by Gasteiger charge is -2.41. The summed E-state index contributed by atoms with van der Waals surface area (Å²) >= 11 is 0. The Kier molecular flexibility index (Phi) is 2.55. The molecule has 2 atom stereocenters. The number of ketones is 1. The summed E-state index contributed by atoms with van der Waals surface area (Å²) in [5.74, 6) is 0.336. The molecule has 2 aliphatic heterocycles. The highest BCUT2D eigenvalue weighted by molar-refractivity contribution is 6.03. The first-order valence-electron chi connectivity index (χ1n) is 6.57. The van der Waals surface area contributed by atoms with Crippen LogP contribution in [0.5, 0.6) is 0 Å². The molecule has 1 aromatic rings. The lowest BCUT2D eigenvalue weighted by Crippen LogP contribution is -2.53. The van der Waals surface area contributed by atoms with Crippen molar-refractivity contribution in [3.05, 3.63) is 35.9 Å². The van der Waals surface area contributed by atoms with E-state index in [1.807, 2.05) is 30.3 Å². The second-order valence-electron chi connectivity index (χ2n) is 5.42. The normalized spacial score (nSPS) is 32.6. The third-order valence-electron chi connectivity index (χ3n) is 4.70. The van der Waals surface area contributed by atoms with Crippen molar-refractivity contribution in [2.75, 3.05) is 7.05 Å². The highest BCUT2D eigenvalue weighted by Crippen LogP contribution is 2.44. The van der Waals surface area contributed by atoms with Gasteiger partial charge in [0.15, 0.2) is 5.78 Å². The maximum atomic E-state index is 12.7. The van der Waals surface area contributed by atoms with Crippen LogP contribution in [0, 0.1) is 0 Å². The van der Waals surface area contributed by atoms with Crippen molar-refractivity contribution >= 4 is 5.78 Å². The van der Waals surface area contributed by atoms with Gasteiger partial charge in [-0.05, 0) is 39.2 Å². The predicted octanol–water partition coefficient (Wildman–Crippen LogP) is 2.89. The van der Waals surface area contributed by atoms with E-state index < -0.39 is 0 Å². The smallest absolute Gasteiger partial charge is 0.183 e. The number of fused-ring (bicyclic) bond motifs is 2. The van der Waals surface area contributed by atoms with Gasteiger partial charge in [-0.1, -0.05) is 30.3 Å². The van der Waals surface area contributed by atoms with Crippen molar-refractivity contribution in [3.63, 3.8) is 0 Å². The third-order valence-corrected chi connectivity index (χ3v) is 4.70. The summed E-state index contributed by atoms with van der Waals surface area (Å²) in [6, 6.07) is 10.4. The van der Waals surface area contributed by atoms with Gasteiger partial charge < -0.3 is 0 Å². The summed E-state index contributed by atoms with van der Waals surface area (Å²) in [5, 5.41) is 0. The van der Waals surface area contributed by atoms with Crippen molar-refractivity contribution < 1.29 is 4.79 Å². The molecule has 0 N–H and O–H groups in total. The minimum Gasteiger partial charge on any atom is -0.292 e. The van der Waals surface area contributed by atoms with Crippen molar-refractivity contribution in [2.45, 2.75) is 43.7 Å². The van der Waals surface area contributed by atoms with Gasteiger partial charge in [0.05, 0.1) is 5.54 Å². The Morgan fingerprint density at radius 1 is 1.24 bits per heavy atom. The van der Waals surface area contributed by atoms with Gasteiger partial charge in [-0.3, -0.25) is 9.69 Å². The van der Waals surface area contributed by atoms with Gasteiger partial charge in [0.2, 0.25) is 0 Å². The zero-order chi connectivity index (χ0) is 11.9. The van der Waals surface area contributed by atoms with Gasteiger partial charge in [0.1, 0.15) is 0 Å². The molecule has 3 rings (SSSR count). The number of carbonyl (C=O) groups excluding carboxylic acids is 1. The van der Waals surface area contributed by atoms with Crippen LogP contribution < -0.4 is 0 Å². The topological polar surface area (TPSA) is 20.3 Å². The highest BCUT2D eigenvalue weighted by atomic mass is 16.1. The molecule has 0 saturated carbocycles. The molecular formula is C15H19NO. The molecule has 0 unspecified atom stereocenters. The zero-order valence-electron chi connectivity index (χ0n) is 10.4. The molecule has 90 valence electrons. The van der Waals surface area contributed by atoms with Crippen molar-refractivity contribution in [1.29, 1.82) is 0 Å². The summed E-state index contributed by atoms with van der Waals surface area (Å²) in [6.45, 7) is 0. The molecule has 0 spiro atoms. The summed E-state index contributed by atoms with van der Waals surface area (Å²) in [7, 11) is 2.14. The molecule has 0 amide bonds. The van der Waals surface area contributed by atoms with Crippen molar-refractivity contribution in [3.8, 4) is 0 Å². The molecule has 2 fully saturated rings. The van der Waals surface area contributed by atoms with Gasteiger partial charge in [0, 0.05) is 11.6 Å². The number of piperidine rings is 1. The Morgan fingerprint density at radius 2 is 2.00 bits per heavy atom. The number of hydrogen-bond donors (Lipinski definition) is 0. The number of hydrogen-bond acceptors (Lipinski definition) is 2. The standard InChI is InChI=1S/C15H19NO/c1-16-13-8-5-10-15(16,11-9-13)14(17)12-6-3-2-4-7-12/h2-4,6-7,13H,5,8-11H2,1H3/t13-,15+/m1/s1. The Balaban J connectivity index is 1.96. The number of rotatable bonds is 2. The average Bonchev–Trinajstić information content (AvgIpc) is 2.58. The Hall–Kier alpha value is -1.15. The first-order valence-corrected chi connectivity index (χ1v) is 6.57. The Labute approximate surface area is 103 Å². The summed E-state index contributed by atoms with van der Waals surface area (Å²) < 4.78 is 0. The van der Waals surface area contributed by atoms with Crippen molar-refractivity contribution in [2.24, 2.45) is 0 Å². The van der Waals surface area contributed by atoms with Crippen molar-refractivity contribution in [1.82, 2.24) is 4.90 Å². The minimum atomic E-state index is -0.190. The lowest BCUT2D eigenvalue weighted by atomic mass is 9.82. The van der Waals surface area contributed by atoms with E-state index in [1.165, 1.54) is 19.3 Å². The number of likely N-dealkylation sites (N-methyl/N-ethyl adjacent to an activating group) is 1. The fraction of sp³-hybridized carbons (Fsp3) is 0.533. The number of carbonyl (C=O) groups is 1. The van der Waals surface area contributed by atoms with E-state index in [2.05, 4.69) is 11.9 Å². The number of nitrogens with zero attached hydrogens (tertiary/aromatic N) is 1. The maximum Gasteiger partial charge on any atom is 0.183 e. The van der Waals surface area contributed by atoms with Crippen LogP contribution >= 0.6 is 0 Å². The van der Waals surface area contributed by atoms with Crippen LogP contribution in [0.2, 0.25) is 0 Å². The van der Waals surface area contributed by atoms with E-state index >= 15 is 0 Å². The SMILES string of the molecule is CN1[C@@H]2CCC[C@@]1(C(=O)c1ccccc1)CC2. The molecule has 0 aliphatic carbocycles. The molecule has 2 aliphatic rings. The summed E-state index contributed by atoms with van der Waals surface area (Å²) in [5.41, 5.74) is 0.687. The van der Waals surface area contributed by atoms with Gasteiger partial charge in [-0.15, -0.1) is 0 Å². The molecular weight excluding hydrogens is 210 g/mol. The van der Waals surface area contributed by atoms with Gasteiger partial charge >= 0.3 is 0 Å². The first-order chi connectivity index (χ1) is 8.24. The van der Waals surface area contributed by atoms with E-state index in [4.69, 9.17) is 0 Å². The molecule has 2 saturated heterocycles. The molecule has 2 nitrogen and oxygen atoms in total. The van der Waals surface area contributed by atoms with Crippen LogP contribution in [0.3, 0.4) is 0 Å². The Morgan fingerprint density at radius 3 is 2.76 bits per heavy atom. The maximum absolute atomic E-state index is 12.7. The fourth-order valence-electron chi connectivity index (χ4n) is 3.64. The molecule has 2 heterocycles. The van der Waals surface area contributed by atoms with Gasteiger partial charge in [-0.2, -0.15) is 0 Å². The number of Topliss-reactive ketones (excluding diaryl/α,β-unsaturated/α-hetero) is 1. The quantitative estimate of drug-likeness (QED) is 0.727. The predicted molar refractivity (Wildman–Crippen MR) is 68.1 cm³/mol. The van der Waals surface area contributed by atoms with E-state index in [0.717, 1.165) is 18.4 Å². The van der Waals surface area contributed by atoms with Gasteiger partial charge in [-0.25, -0.2) is 0 Å². The van der Waals surface area contributed by atoms with E-state index in [1.54, 1.807) is 0 Å². The minimum absolute atomic E-state index is 0.190. The van der Waals surface area contributed by atoms with Crippen LogP contribution in [-0.4, -0.2) is 29.3 Å². The lowest BCUT2D eigenvalue weighted by molar-refractivity contribution is 0.0523. The largest absolute Gasteiger partial charge is 0.292 e. The zero-order valence-corrected chi connectivity index (χ0v) is 10.4. The molecule has 2 bridgehead atoms. The molecule has 1 aromatic carbocycles. The third kappa shape index (κ3) is 1.54. The molecule has 2 heteroatoms. The molecule has 17 heavy (non-hydrogen) atoms. The summed E-state index contributed by atoms with van der Waals surface area (Å²) in [6.07, 6.45) is 5.73. The van der Waals surface area contributed by atoms with Crippen LogP contribution in [0.1, 0.15) is 42.5 Å². The van der Waals surface area contributed by atoms with Crippen LogP contribution in [0.4, 0.5) is 0 Å². The molecule has 0 radical (unpaired) electrons. The monoisotopic (exact) mass is 229 g/mol. The second kappa shape index (κ2) is 3.95.